The minimum absolute atomic E-state index is 0.138. The molecule has 1 unspecified atom stereocenters. The van der Waals surface area contributed by atoms with Gasteiger partial charge in [0.05, 0.1) is 10.9 Å². The molecule has 0 aliphatic heterocycles. The van der Waals surface area contributed by atoms with Gasteiger partial charge in [-0.2, -0.15) is 0 Å². The predicted octanol–water partition coefficient (Wildman–Crippen LogP) is 6.16. The van der Waals surface area contributed by atoms with Gasteiger partial charge in [-0.25, -0.2) is 9.59 Å². The molecule has 3 aromatic carbocycles. The molecule has 3 N–H and O–H groups in total. The van der Waals surface area contributed by atoms with E-state index in [1.54, 1.807) is 12.1 Å². The van der Waals surface area contributed by atoms with Crippen LogP contribution in [0.3, 0.4) is 0 Å². The van der Waals surface area contributed by atoms with Gasteiger partial charge in [-0.3, -0.25) is 0 Å². The van der Waals surface area contributed by atoms with Crippen molar-refractivity contribution in [1.82, 2.24) is 4.57 Å². The average Bonchev–Trinajstić information content (AvgIpc) is 3.17. The zero-order valence-corrected chi connectivity index (χ0v) is 21.7. The first-order valence-electron chi connectivity index (χ1n) is 13.2. The third-order valence-electron chi connectivity index (χ3n) is 7.43. The highest BCUT2D eigenvalue weighted by atomic mass is 16.6. The van der Waals surface area contributed by atoms with Gasteiger partial charge in [0, 0.05) is 35.6 Å². The average molecular weight is 522 g/mol. The van der Waals surface area contributed by atoms with Crippen molar-refractivity contribution in [2.45, 2.75) is 51.0 Å². The van der Waals surface area contributed by atoms with Crippen LogP contribution in [-0.2, 0) is 29.0 Å². The number of ether oxygens (including phenoxy) is 1. The van der Waals surface area contributed by atoms with Crippen LogP contribution in [-0.4, -0.2) is 33.0 Å². The van der Waals surface area contributed by atoms with Crippen LogP contribution < -0.4 is 4.74 Å². The van der Waals surface area contributed by atoms with E-state index in [0.717, 1.165) is 30.5 Å². The molecule has 7 heteroatoms. The summed E-state index contributed by atoms with van der Waals surface area (Å²) in [5, 5.41) is 26.9. The molecule has 1 atom stereocenters. The molecule has 0 spiro atoms. The van der Waals surface area contributed by atoms with Crippen molar-refractivity contribution in [3.8, 4) is 5.75 Å². The van der Waals surface area contributed by atoms with E-state index in [-0.39, 0.29) is 5.75 Å². The number of carbonyl (C=O) groups excluding carboxylic acids is 1. The summed E-state index contributed by atoms with van der Waals surface area (Å²) in [4.78, 5) is 23.1. The number of nitrogens with zero attached hydrogens (tertiary/aromatic N) is 1. The van der Waals surface area contributed by atoms with Crippen LogP contribution in [0.4, 0.5) is 0 Å². The molecular weight excluding hydrogens is 490 g/mol. The smallest absolute Gasteiger partial charge is 0.422 e. The minimum atomic E-state index is -1.67. The number of fused-ring (bicyclic) bond motifs is 3. The van der Waals surface area contributed by atoms with E-state index in [9.17, 15) is 9.59 Å². The monoisotopic (exact) mass is 521 g/mol. The van der Waals surface area contributed by atoms with Crippen LogP contribution in [0.25, 0.3) is 10.9 Å². The Morgan fingerprint density at radius 2 is 1.64 bits per heavy atom. The maximum absolute atomic E-state index is 11.9. The third-order valence-corrected chi connectivity index (χ3v) is 7.43. The summed E-state index contributed by atoms with van der Waals surface area (Å²) in [6, 6.07) is 26.2. The van der Waals surface area contributed by atoms with E-state index in [1.165, 1.54) is 11.1 Å². The van der Waals surface area contributed by atoms with Gasteiger partial charge in [0.2, 0.25) is 0 Å². The van der Waals surface area contributed by atoms with Crippen LogP contribution >= 0.6 is 0 Å². The molecule has 1 aliphatic rings. The van der Waals surface area contributed by atoms with E-state index in [2.05, 4.69) is 53.1 Å². The molecule has 0 fully saturated rings. The molecule has 0 saturated carbocycles. The second-order valence-electron chi connectivity index (χ2n) is 10.0. The number of carboxylic acid groups (broad SMARTS) is 1. The lowest BCUT2D eigenvalue weighted by Crippen LogP contribution is -2.19. The number of aliphatic carboxylic acids is 1. The molecule has 7 nitrogen and oxygen atoms in total. The summed E-state index contributed by atoms with van der Waals surface area (Å²) < 4.78 is 7.39. The van der Waals surface area contributed by atoms with E-state index in [0.29, 0.717) is 54.1 Å². The van der Waals surface area contributed by atoms with Gasteiger partial charge in [-0.05, 0) is 61.3 Å². The van der Waals surface area contributed by atoms with Crippen LogP contribution in [0.1, 0.15) is 54.0 Å². The predicted molar refractivity (Wildman–Crippen MR) is 151 cm³/mol. The molecule has 0 radical (unpaired) electrons. The normalized spacial score (nSPS) is 14.1. The van der Waals surface area contributed by atoms with Gasteiger partial charge >= 0.3 is 11.9 Å². The fourth-order valence-corrected chi connectivity index (χ4v) is 5.61. The van der Waals surface area contributed by atoms with Crippen molar-refractivity contribution in [1.29, 1.82) is 10.8 Å². The summed E-state index contributed by atoms with van der Waals surface area (Å²) in [6.07, 6.45) is 4.06. The number of hydrogen-bond acceptors (Lipinski definition) is 5. The van der Waals surface area contributed by atoms with E-state index in [1.807, 2.05) is 18.2 Å². The van der Waals surface area contributed by atoms with E-state index >= 15 is 0 Å². The Hall–Kier alpha value is -4.52. The molecule has 4 aromatic rings. The Balaban J connectivity index is 1.49. The molecule has 1 aliphatic carbocycles. The molecule has 1 heterocycles. The number of nitrogens with one attached hydrogen (secondary N) is 2. The number of rotatable bonds is 8. The second-order valence-corrected chi connectivity index (χ2v) is 10.0. The van der Waals surface area contributed by atoms with Gasteiger partial charge < -0.3 is 25.2 Å². The second kappa shape index (κ2) is 11.5. The Labute approximate surface area is 227 Å². The van der Waals surface area contributed by atoms with Crippen LogP contribution in [0.5, 0.6) is 5.75 Å². The number of aryl methyl sites for hydroxylation is 1. The highest BCUT2D eigenvalue weighted by Gasteiger charge is 2.28. The highest BCUT2D eigenvalue weighted by molar-refractivity contribution is 6.29. The molecule has 1 aromatic heterocycles. The van der Waals surface area contributed by atoms with Crippen LogP contribution in [0.2, 0.25) is 0 Å². The van der Waals surface area contributed by atoms with Crippen LogP contribution in [0.15, 0.2) is 78.9 Å². The Bertz CT molecular complexity index is 1540. The van der Waals surface area contributed by atoms with Gasteiger partial charge in [-0.1, -0.05) is 66.7 Å². The molecule has 0 bridgehead atoms. The first-order chi connectivity index (χ1) is 18.9. The largest absolute Gasteiger partial charge is 0.473 e. The summed E-state index contributed by atoms with van der Waals surface area (Å²) in [5.41, 5.74) is 5.82. The van der Waals surface area contributed by atoms with Gasteiger partial charge in [0.1, 0.15) is 5.75 Å². The first-order valence-corrected chi connectivity index (χ1v) is 13.2. The summed E-state index contributed by atoms with van der Waals surface area (Å²) in [6.45, 7) is 0.668. The summed E-state index contributed by atoms with van der Waals surface area (Å²) in [5.74, 6) is -2.56. The molecular formula is C32H31N3O4. The lowest BCUT2D eigenvalue weighted by Gasteiger charge is -2.19. The van der Waals surface area contributed by atoms with E-state index in [4.69, 9.17) is 20.7 Å². The maximum atomic E-state index is 11.9. The fraction of sp³-hybridized carbons (Fsp3) is 0.250. The zero-order valence-electron chi connectivity index (χ0n) is 21.7. The topological polar surface area (TPSA) is 116 Å². The molecule has 0 amide bonds. The number of carbonyl (C=O) groups is 2. The van der Waals surface area contributed by atoms with Crippen molar-refractivity contribution in [2.24, 2.45) is 0 Å². The van der Waals surface area contributed by atoms with Crippen LogP contribution in [0, 0.1) is 10.8 Å². The van der Waals surface area contributed by atoms with Gasteiger partial charge in [0.25, 0.3) is 0 Å². The summed E-state index contributed by atoms with van der Waals surface area (Å²) in [7, 11) is 0. The Morgan fingerprint density at radius 3 is 2.36 bits per heavy atom. The van der Waals surface area contributed by atoms with Crippen molar-refractivity contribution >= 4 is 34.3 Å². The number of hydrogen-bond donors (Lipinski definition) is 3. The zero-order chi connectivity index (χ0) is 27.4. The number of aromatic nitrogens is 1. The summed E-state index contributed by atoms with van der Waals surface area (Å²) >= 11 is 0. The molecule has 5 rings (SSSR count). The van der Waals surface area contributed by atoms with Gasteiger partial charge in [0.15, 0.2) is 0 Å². The van der Waals surface area contributed by atoms with Crippen molar-refractivity contribution in [3.63, 3.8) is 0 Å². The number of carboxylic acids is 1. The molecule has 39 heavy (non-hydrogen) atoms. The Kier molecular flexibility index (Phi) is 7.68. The van der Waals surface area contributed by atoms with Gasteiger partial charge in [-0.15, -0.1) is 0 Å². The SMILES string of the molecule is N=C1CCC(=N)c2c(n(CCCC(Cc3ccccc3)c3ccccc3)c3cccc(OC(=O)C(=O)O)c23)C1. The minimum Gasteiger partial charge on any atom is -0.473 e. The van der Waals surface area contributed by atoms with Crippen molar-refractivity contribution in [3.05, 3.63) is 101 Å². The first kappa shape index (κ1) is 26.1. The van der Waals surface area contributed by atoms with Crippen molar-refractivity contribution < 1.29 is 19.4 Å². The Morgan fingerprint density at radius 1 is 0.923 bits per heavy atom. The third kappa shape index (κ3) is 5.67. The quantitative estimate of drug-likeness (QED) is 0.111. The maximum Gasteiger partial charge on any atom is 0.422 e. The fourth-order valence-electron chi connectivity index (χ4n) is 5.61. The number of esters is 1. The standard InChI is InChI=1S/C32H31N3O4/c33-24-16-17-25(34)29-27(20-24)35(26-14-7-15-28(30(26)29)39-32(38)31(36)37)18-8-13-23(22-11-5-2-6-12-22)19-21-9-3-1-4-10-21/h1-7,9-12,14-15,23,33-34H,8,13,16-20H2,(H,36,37). The van der Waals surface area contributed by atoms with E-state index < -0.39 is 11.9 Å². The molecule has 198 valence electrons. The van der Waals surface area contributed by atoms with Crippen molar-refractivity contribution in [2.75, 3.05) is 0 Å². The lowest BCUT2D eigenvalue weighted by atomic mass is 9.88. The number of benzene rings is 3. The highest BCUT2D eigenvalue weighted by Crippen LogP contribution is 2.37. The molecule has 0 saturated heterocycles. The lowest BCUT2D eigenvalue weighted by molar-refractivity contribution is -0.157.